The van der Waals surface area contributed by atoms with Crippen LogP contribution in [0.5, 0.6) is 23.1 Å². The molecule has 7 rings (SSSR count). The van der Waals surface area contributed by atoms with Gasteiger partial charge in [-0.05, 0) is 44.2 Å². The SMILES string of the molecule is COc1cc2ncnc(Oc3ccc(NC(=O)C4=C(O)c5cc(F)c(N6CCN(Cc7oc(=O)oc7C)CC6)cc5NC(C)C4=S)cc3F)c2cc1OC. The van der Waals surface area contributed by atoms with Crippen LogP contribution in [0.25, 0.3) is 16.7 Å². The number of rotatable bonds is 9. The normalized spacial score (nSPS) is 16.1. The standard InChI is InChI=1S/C37H34F2N6O8S/c1-18-34(54)32(33(46)21-12-23(38)27(14-26(21)42-18)45-9-7-44(8-10-45)16-31-19(2)51-37(48)53-31)35(47)43-20-5-6-28(24(39)11-20)52-36-22-13-29(49-3)30(50-4)15-25(22)40-17-41-36/h5-6,11-15,17-18,42,46H,7-10,16H2,1-4H3,(H,43,47). The molecule has 2 aliphatic heterocycles. The van der Waals surface area contributed by atoms with Gasteiger partial charge in [-0.1, -0.05) is 12.2 Å². The van der Waals surface area contributed by atoms with Crippen molar-refractivity contribution in [3.63, 3.8) is 0 Å². The molecule has 1 amide bonds. The maximum Gasteiger partial charge on any atom is 0.519 e. The van der Waals surface area contributed by atoms with E-state index in [1.54, 1.807) is 32.0 Å². The highest BCUT2D eigenvalue weighted by molar-refractivity contribution is 7.81. The molecule has 3 aromatic carbocycles. The van der Waals surface area contributed by atoms with Gasteiger partial charge in [0.15, 0.2) is 28.8 Å². The summed E-state index contributed by atoms with van der Waals surface area (Å²) in [6.45, 7) is 5.82. The molecule has 14 nitrogen and oxygen atoms in total. The fraction of sp³-hybridized carbons (Fsp3) is 0.270. The molecule has 2 aromatic heterocycles. The van der Waals surface area contributed by atoms with Crippen molar-refractivity contribution in [2.24, 2.45) is 0 Å². The van der Waals surface area contributed by atoms with Gasteiger partial charge in [-0.2, -0.15) is 0 Å². The fourth-order valence-corrected chi connectivity index (χ4v) is 6.62. The largest absolute Gasteiger partial charge is 0.519 e. The minimum atomic E-state index is -0.820. The first kappa shape index (κ1) is 36.3. The molecule has 54 heavy (non-hydrogen) atoms. The Balaban J connectivity index is 1.08. The molecule has 0 bridgehead atoms. The third-order valence-electron chi connectivity index (χ3n) is 9.23. The van der Waals surface area contributed by atoms with Gasteiger partial charge in [0.1, 0.15) is 23.7 Å². The number of benzene rings is 3. The predicted octanol–water partition coefficient (Wildman–Crippen LogP) is 5.99. The second-order valence-corrected chi connectivity index (χ2v) is 13.0. The summed E-state index contributed by atoms with van der Waals surface area (Å²) in [5, 5.41) is 17.6. The molecule has 0 spiro atoms. The van der Waals surface area contributed by atoms with Crippen LogP contribution in [0.4, 0.5) is 25.8 Å². The number of nitrogens with one attached hydrogen (secondary N) is 2. The predicted molar refractivity (Wildman–Crippen MR) is 199 cm³/mol. The van der Waals surface area contributed by atoms with Gasteiger partial charge in [-0.25, -0.2) is 23.5 Å². The number of ether oxygens (including phenoxy) is 3. The Morgan fingerprint density at radius 2 is 1.76 bits per heavy atom. The van der Waals surface area contributed by atoms with Gasteiger partial charge in [0, 0.05) is 55.2 Å². The third kappa shape index (κ3) is 7.02. The molecule has 17 heteroatoms. The Morgan fingerprint density at radius 3 is 2.44 bits per heavy atom. The average molecular weight is 761 g/mol. The molecule has 1 atom stereocenters. The van der Waals surface area contributed by atoms with Crippen LogP contribution < -0.4 is 35.6 Å². The lowest BCUT2D eigenvalue weighted by atomic mass is 10.0. The van der Waals surface area contributed by atoms with E-state index < -0.39 is 35.2 Å². The maximum atomic E-state index is 15.7. The van der Waals surface area contributed by atoms with Crippen LogP contribution in [0.3, 0.4) is 0 Å². The summed E-state index contributed by atoms with van der Waals surface area (Å²) in [7, 11) is 2.97. The van der Waals surface area contributed by atoms with Crippen molar-refractivity contribution >= 4 is 56.7 Å². The second kappa shape index (κ2) is 14.7. The molecular weight excluding hydrogens is 727 g/mol. The first-order valence-corrected chi connectivity index (χ1v) is 17.1. The van der Waals surface area contributed by atoms with Gasteiger partial charge < -0.3 is 43.7 Å². The van der Waals surface area contributed by atoms with Crippen molar-refractivity contribution < 1.29 is 41.7 Å². The molecule has 2 aliphatic rings. The monoisotopic (exact) mass is 760 g/mol. The molecular formula is C37H34F2N6O8S. The number of fused-ring (bicyclic) bond motifs is 2. The summed E-state index contributed by atoms with van der Waals surface area (Å²) in [4.78, 5) is 37.5. The fourth-order valence-electron chi connectivity index (χ4n) is 6.37. The summed E-state index contributed by atoms with van der Waals surface area (Å²) in [6, 6.07) is 9.14. The van der Waals surface area contributed by atoms with Crippen LogP contribution >= 0.6 is 12.2 Å². The Bertz CT molecular complexity index is 2390. The van der Waals surface area contributed by atoms with Crippen molar-refractivity contribution in [2.75, 3.05) is 55.9 Å². The van der Waals surface area contributed by atoms with Gasteiger partial charge in [0.05, 0.1) is 53.8 Å². The number of hydrogen-bond acceptors (Lipinski definition) is 14. The minimum absolute atomic E-state index is 0.0402. The van der Waals surface area contributed by atoms with Crippen molar-refractivity contribution in [2.45, 2.75) is 26.4 Å². The molecule has 0 aliphatic carbocycles. The number of aliphatic hydroxyl groups excluding tert-OH is 1. The molecule has 4 heterocycles. The molecule has 0 saturated carbocycles. The van der Waals surface area contributed by atoms with E-state index in [0.29, 0.717) is 78.0 Å². The van der Waals surface area contributed by atoms with E-state index >= 15 is 8.78 Å². The van der Waals surface area contributed by atoms with Gasteiger partial charge in [0.2, 0.25) is 5.88 Å². The second-order valence-electron chi connectivity index (χ2n) is 12.6. The first-order valence-electron chi connectivity index (χ1n) is 16.7. The van der Waals surface area contributed by atoms with Crippen LogP contribution in [-0.2, 0) is 11.3 Å². The number of aliphatic hydroxyl groups is 1. The topological polar surface area (TPSA) is 165 Å². The zero-order valence-corrected chi connectivity index (χ0v) is 30.3. The number of halogens is 2. The van der Waals surface area contributed by atoms with Crippen molar-refractivity contribution in [3.05, 3.63) is 93.7 Å². The number of carbonyl (C=O) groups is 1. The summed E-state index contributed by atoms with van der Waals surface area (Å²) >= 11 is 5.61. The van der Waals surface area contributed by atoms with Crippen LogP contribution in [0.2, 0.25) is 0 Å². The number of amides is 1. The van der Waals surface area contributed by atoms with Gasteiger partial charge in [0.25, 0.3) is 5.91 Å². The molecule has 1 unspecified atom stereocenters. The first-order chi connectivity index (χ1) is 25.9. The highest BCUT2D eigenvalue weighted by Gasteiger charge is 2.32. The molecule has 3 N–H and O–H groups in total. The molecule has 1 fully saturated rings. The number of nitrogens with zero attached hydrogens (tertiary/aromatic N) is 4. The highest BCUT2D eigenvalue weighted by atomic mass is 32.1. The van der Waals surface area contributed by atoms with Gasteiger partial charge in [-0.3, -0.25) is 9.69 Å². The molecule has 5 aromatic rings. The minimum Gasteiger partial charge on any atom is -0.506 e. The Hall–Kier alpha value is -6.07. The summed E-state index contributed by atoms with van der Waals surface area (Å²) in [6.07, 6.45) is 1.27. The van der Waals surface area contributed by atoms with Crippen LogP contribution in [-0.4, -0.2) is 77.2 Å². The Kier molecular flexibility index (Phi) is 9.91. The lowest BCUT2D eigenvalue weighted by Crippen LogP contribution is -2.46. The van der Waals surface area contributed by atoms with Crippen molar-refractivity contribution in [1.29, 1.82) is 0 Å². The average Bonchev–Trinajstić information content (AvgIpc) is 3.43. The highest BCUT2D eigenvalue weighted by Crippen LogP contribution is 2.38. The van der Waals surface area contributed by atoms with E-state index in [9.17, 15) is 14.7 Å². The van der Waals surface area contributed by atoms with Crippen LogP contribution in [0, 0.1) is 18.6 Å². The molecule has 0 radical (unpaired) electrons. The molecule has 280 valence electrons. The summed E-state index contributed by atoms with van der Waals surface area (Å²) in [5.74, 6) is -1.93. The summed E-state index contributed by atoms with van der Waals surface area (Å²) in [5.41, 5.74) is 0.978. The quantitative estimate of drug-likeness (QED) is 0.150. The third-order valence-corrected chi connectivity index (χ3v) is 9.79. The van der Waals surface area contributed by atoms with Crippen molar-refractivity contribution in [3.8, 4) is 23.1 Å². The van der Waals surface area contributed by atoms with Crippen LogP contribution in [0.15, 0.2) is 68.0 Å². The maximum absolute atomic E-state index is 15.7. The van der Waals surface area contributed by atoms with Crippen LogP contribution in [0.1, 0.15) is 24.0 Å². The molecule has 1 saturated heterocycles. The van der Waals surface area contributed by atoms with Gasteiger partial charge in [-0.15, -0.1) is 0 Å². The van der Waals surface area contributed by atoms with E-state index in [-0.39, 0.29) is 33.3 Å². The Morgan fingerprint density at radius 1 is 1.02 bits per heavy atom. The number of carbonyl (C=O) groups excluding carboxylic acids is 1. The Labute approximate surface area is 311 Å². The smallest absolute Gasteiger partial charge is 0.506 e. The lowest BCUT2D eigenvalue weighted by molar-refractivity contribution is -0.112. The number of aryl methyl sites for hydroxylation is 1. The van der Waals surface area contributed by atoms with E-state index in [2.05, 4.69) is 25.5 Å². The number of hydrogen-bond donors (Lipinski definition) is 3. The number of piperazine rings is 1. The summed E-state index contributed by atoms with van der Waals surface area (Å²) < 4.78 is 57.7. The zero-order chi connectivity index (χ0) is 38.3. The van der Waals surface area contributed by atoms with E-state index in [4.69, 9.17) is 35.3 Å². The van der Waals surface area contributed by atoms with E-state index in [1.807, 2.05) is 4.90 Å². The lowest BCUT2D eigenvalue weighted by Gasteiger charge is -2.36. The number of methoxy groups -OCH3 is 2. The number of aromatic nitrogens is 2. The number of thiocarbonyl (C=S) groups is 1. The zero-order valence-electron chi connectivity index (χ0n) is 29.5. The number of anilines is 3. The van der Waals surface area contributed by atoms with Gasteiger partial charge >= 0.3 is 5.82 Å². The van der Waals surface area contributed by atoms with E-state index in [0.717, 1.165) is 12.1 Å². The van der Waals surface area contributed by atoms with Crippen molar-refractivity contribution in [1.82, 2.24) is 14.9 Å². The van der Waals surface area contributed by atoms with E-state index in [1.165, 1.54) is 32.7 Å².